The van der Waals surface area contributed by atoms with Gasteiger partial charge in [-0.1, -0.05) is 27.2 Å². The van der Waals surface area contributed by atoms with E-state index in [9.17, 15) is 9.59 Å². The molecule has 4 heteroatoms. The zero-order chi connectivity index (χ0) is 14.0. The van der Waals surface area contributed by atoms with Gasteiger partial charge >= 0.3 is 0 Å². The second-order valence-electron chi connectivity index (χ2n) is 6.10. The van der Waals surface area contributed by atoms with E-state index in [-0.39, 0.29) is 29.3 Å². The SMILES string of the molecule is CCC(C)C1NC(=O)CCN(C2(CC)CCC2)C1=O. The first-order valence-corrected chi connectivity index (χ1v) is 7.65. The molecule has 0 radical (unpaired) electrons. The summed E-state index contributed by atoms with van der Waals surface area (Å²) in [4.78, 5) is 26.7. The Hall–Kier alpha value is -1.06. The van der Waals surface area contributed by atoms with Crippen LogP contribution in [0.3, 0.4) is 0 Å². The zero-order valence-corrected chi connectivity index (χ0v) is 12.4. The van der Waals surface area contributed by atoms with Crippen molar-refractivity contribution < 1.29 is 9.59 Å². The Morgan fingerprint density at radius 3 is 2.53 bits per heavy atom. The van der Waals surface area contributed by atoms with Gasteiger partial charge in [-0.3, -0.25) is 9.59 Å². The topological polar surface area (TPSA) is 49.4 Å². The molecule has 108 valence electrons. The summed E-state index contributed by atoms with van der Waals surface area (Å²) in [6, 6.07) is -0.330. The first-order chi connectivity index (χ1) is 9.04. The van der Waals surface area contributed by atoms with Crippen LogP contribution in [0.2, 0.25) is 0 Å². The van der Waals surface area contributed by atoms with E-state index in [1.54, 1.807) is 0 Å². The van der Waals surface area contributed by atoms with E-state index in [0.29, 0.717) is 13.0 Å². The maximum absolute atomic E-state index is 12.8. The molecule has 0 spiro atoms. The smallest absolute Gasteiger partial charge is 0.245 e. The predicted molar refractivity (Wildman–Crippen MR) is 74.6 cm³/mol. The first kappa shape index (κ1) is 14.4. The van der Waals surface area contributed by atoms with Gasteiger partial charge in [-0.15, -0.1) is 0 Å². The summed E-state index contributed by atoms with van der Waals surface area (Å²) < 4.78 is 0. The van der Waals surface area contributed by atoms with Crippen molar-refractivity contribution in [2.24, 2.45) is 5.92 Å². The van der Waals surface area contributed by atoms with Crippen molar-refractivity contribution in [2.75, 3.05) is 6.54 Å². The Morgan fingerprint density at radius 1 is 1.37 bits per heavy atom. The monoisotopic (exact) mass is 266 g/mol. The lowest BCUT2D eigenvalue weighted by Gasteiger charge is -2.50. The summed E-state index contributed by atoms with van der Waals surface area (Å²) in [6.45, 7) is 6.86. The minimum Gasteiger partial charge on any atom is -0.344 e. The fraction of sp³-hybridized carbons (Fsp3) is 0.867. The van der Waals surface area contributed by atoms with Crippen LogP contribution in [-0.4, -0.2) is 34.8 Å². The molecule has 2 amide bonds. The molecule has 1 saturated carbocycles. The minimum atomic E-state index is -0.330. The average Bonchev–Trinajstić information content (AvgIpc) is 2.50. The van der Waals surface area contributed by atoms with Crippen molar-refractivity contribution >= 4 is 11.8 Å². The number of hydrogen-bond donors (Lipinski definition) is 1. The zero-order valence-electron chi connectivity index (χ0n) is 12.4. The summed E-state index contributed by atoms with van der Waals surface area (Å²) in [7, 11) is 0. The Kier molecular flexibility index (Phi) is 4.16. The van der Waals surface area contributed by atoms with Crippen LogP contribution in [0.1, 0.15) is 59.3 Å². The van der Waals surface area contributed by atoms with Crippen LogP contribution in [0, 0.1) is 5.92 Å². The molecule has 1 heterocycles. The standard InChI is InChI=1S/C15H26N2O2/c1-4-11(3)13-14(19)17(10-7-12(18)16-13)15(5-2)8-6-9-15/h11,13H,4-10H2,1-3H3,(H,16,18). The van der Waals surface area contributed by atoms with Crippen LogP contribution in [0.5, 0.6) is 0 Å². The third-order valence-corrected chi connectivity index (χ3v) is 5.14. The van der Waals surface area contributed by atoms with E-state index in [1.807, 2.05) is 11.8 Å². The molecule has 1 aliphatic heterocycles. The Bertz CT molecular complexity index is 358. The van der Waals surface area contributed by atoms with Gasteiger partial charge in [0.25, 0.3) is 0 Å². The molecule has 0 aromatic heterocycles. The van der Waals surface area contributed by atoms with Crippen molar-refractivity contribution in [1.82, 2.24) is 10.2 Å². The molecule has 2 aliphatic rings. The summed E-state index contributed by atoms with van der Waals surface area (Å²) in [5, 5.41) is 2.92. The molecular formula is C15H26N2O2. The lowest BCUT2D eigenvalue weighted by molar-refractivity contribution is -0.144. The molecule has 4 nitrogen and oxygen atoms in total. The fourth-order valence-corrected chi connectivity index (χ4v) is 3.29. The van der Waals surface area contributed by atoms with Gasteiger partial charge in [-0.05, 0) is 31.6 Å². The number of amides is 2. The van der Waals surface area contributed by atoms with Gasteiger partial charge in [0.15, 0.2) is 0 Å². The fourth-order valence-electron chi connectivity index (χ4n) is 3.29. The summed E-state index contributed by atoms with van der Waals surface area (Å²) in [5.74, 6) is 0.361. The van der Waals surface area contributed by atoms with Crippen LogP contribution in [0.15, 0.2) is 0 Å². The lowest BCUT2D eigenvalue weighted by Crippen LogP contribution is -2.59. The maximum Gasteiger partial charge on any atom is 0.245 e. The third-order valence-electron chi connectivity index (χ3n) is 5.14. The highest BCUT2D eigenvalue weighted by Gasteiger charge is 2.46. The van der Waals surface area contributed by atoms with E-state index in [0.717, 1.165) is 25.7 Å². The third kappa shape index (κ3) is 2.49. The largest absolute Gasteiger partial charge is 0.344 e. The average molecular weight is 266 g/mol. The van der Waals surface area contributed by atoms with Gasteiger partial charge in [-0.25, -0.2) is 0 Å². The number of carbonyl (C=O) groups is 2. The van der Waals surface area contributed by atoms with Crippen LogP contribution in [0.25, 0.3) is 0 Å². The van der Waals surface area contributed by atoms with E-state index in [1.165, 1.54) is 6.42 Å². The molecule has 1 N–H and O–H groups in total. The van der Waals surface area contributed by atoms with Gasteiger partial charge in [-0.2, -0.15) is 0 Å². The highest BCUT2D eigenvalue weighted by atomic mass is 16.2. The second-order valence-corrected chi connectivity index (χ2v) is 6.10. The summed E-state index contributed by atoms with van der Waals surface area (Å²) in [6.07, 6.45) is 5.74. The lowest BCUT2D eigenvalue weighted by atomic mass is 9.73. The molecule has 19 heavy (non-hydrogen) atoms. The normalized spacial score (nSPS) is 28.4. The molecule has 1 aliphatic carbocycles. The Morgan fingerprint density at radius 2 is 2.05 bits per heavy atom. The number of nitrogens with one attached hydrogen (secondary N) is 1. The van der Waals surface area contributed by atoms with Gasteiger partial charge in [0.1, 0.15) is 6.04 Å². The van der Waals surface area contributed by atoms with Gasteiger partial charge in [0.05, 0.1) is 0 Å². The molecule has 2 fully saturated rings. The maximum atomic E-state index is 12.8. The predicted octanol–water partition coefficient (Wildman–Crippen LogP) is 2.08. The van der Waals surface area contributed by atoms with Crippen molar-refractivity contribution in [3.8, 4) is 0 Å². The first-order valence-electron chi connectivity index (χ1n) is 7.65. The minimum absolute atomic E-state index is 0.0201. The highest BCUT2D eigenvalue weighted by Crippen LogP contribution is 2.41. The molecule has 1 saturated heterocycles. The molecule has 0 bridgehead atoms. The molecule has 0 aromatic rings. The van der Waals surface area contributed by atoms with Gasteiger partial charge in [0.2, 0.25) is 11.8 Å². The number of hydrogen-bond acceptors (Lipinski definition) is 2. The number of nitrogens with zero attached hydrogens (tertiary/aromatic N) is 1. The van der Waals surface area contributed by atoms with Crippen molar-refractivity contribution in [3.05, 3.63) is 0 Å². The molecule has 2 atom stereocenters. The highest BCUT2D eigenvalue weighted by molar-refractivity contribution is 5.90. The van der Waals surface area contributed by atoms with Crippen molar-refractivity contribution in [1.29, 1.82) is 0 Å². The van der Waals surface area contributed by atoms with Crippen molar-refractivity contribution in [3.63, 3.8) is 0 Å². The molecular weight excluding hydrogens is 240 g/mol. The van der Waals surface area contributed by atoms with E-state index in [4.69, 9.17) is 0 Å². The molecule has 0 aromatic carbocycles. The molecule has 2 unspecified atom stereocenters. The van der Waals surface area contributed by atoms with Crippen LogP contribution in [-0.2, 0) is 9.59 Å². The van der Waals surface area contributed by atoms with Gasteiger partial charge < -0.3 is 10.2 Å². The summed E-state index contributed by atoms with van der Waals surface area (Å²) in [5.41, 5.74) is 0.0368. The van der Waals surface area contributed by atoms with Crippen LogP contribution < -0.4 is 5.32 Å². The second kappa shape index (κ2) is 5.51. The van der Waals surface area contributed by atoms with Crippen LogP contribution >= 0.6 is 0 Å². The quantitative estimate of drug-likeness (QED) is 0.847. The van der Waals surface area contributed by atoms with E-state index in [2.05, 4.69) is 19.2 Å². The Labute approximate surface area is 115 Å². The number of carbonyl (C=O) groups excluding carboxylic acids is 2. The molecule has 2 rings (SSSR count). The van der Waals surface area contributed by atoms with Gasteiger partial charge in [0, 0.05) is 18.5 Å². The number of rotatable bonds is 4. The van der Waals surface area contributed by atoms with E-state index >= 15 is 0 Å². The summed E-state index contributed by atoms with van der Waals surface area (Å²) >= 11 is 0. The Balaban J connectivity index is 2.23. The van der Waals surface area contributed by atoms with Crippen LogP contribution in [0.4, 0.5) is 0 Å². The van der Waals surface area contributed by atoms with E-state index < -0.39 is 0 Å². The van der Waals surface area contributed by atoms with Crippen molar-refractivity contribution in [2.45, 2.75) is 70.9 Å².